The molecular weight excluding hydrogens is 421 g/mol. The van der Waals surface area contributed by atoms with Crippen LogP contribution in [0.5, 0.6) is 5.75 Å². The van der Waals surface area contributed by atoms with E-state index in [1.54, 1.807) is 47.3 Å². The number of rotatable bonds is 7. The van der Waals surface area contributed by atoms with Crippen LogP contribution in [0, 0.1) is 12.7 Å². The normalized spacial score (nSPS) is 10.8. The van der Waals surface area contributed by atoms with Crippen LogP contribution >= 0.6 is 11.6 Å². The molecule has 1 N–H and O–H groups in total. The first kappa shape index (κ1) is 20.7. The number of furan rings is 1. The second-order valence-corrected chi connectivity index (χ2v) is 7.33. The quantitative estimate of drug-likeness (QED) is 0.415. The lowest BCUT2D eigenvalue weighted by Gasteiger charge is -2.09. The van der Waals surface area contributed by atoms with E-state index in [0.717, 1.165) is 11.1 Å². The molecule has 0 bridgehead atoms. The van der Waals surface area contributed by atoms with Gasteiger partial charge in [0.1, 0.15) is 23.9 Å². The van der Waals surface area contributed by atoms with Gasteiger partial charge in [0.2, 0.25) is 0 Å². The minimum atomic E-state index is -0.424. The van der Waals surface area contributed by atoms with Gasteiger partial charge in [0, 0.05) is 12.3 Å². The molecular formula is C23H19ClFN3O3. The molecule has 4 rings (SSSR count). The summed E-state index contributed by atoms with van der Waals surface area (Å²) in [7, 11) is 0. The van der Waals surface area contributed by atoms with Crippen LogP contribution in [0.2, 0.25) is 5.02 Å². The van der Waals surface area contributed by atoms with Crippen molar-refractivity contribution in [3.05, 3.63) is 100 Å². The van der Waals surface area contributed by atoms with Gasteiger partial charge in [-0.2, -0.15) is 5.10 Å². The predicted molar refractivity (Wildman–Crippen MR) is 115 cm³/mol. The molecule has 0 saturated heterocycles. The van der Waals surface area contributed by atoms with Gasteiger partial charge >= 0.3 is 0 Å². The topological polar surface area (TPSA) is 69.3 Å². The number of nitrogens with one attached hydrogen (secondary N) is 1. The minimum Gasteiger partial charge on any atom is -0.484 e. The average Bonchev–Trinajstić information content (AvgIpc) is 3.39. The largest absolute Gasteiger partial charge is 0.484 e. The van der Waals surface area contributed by atoms with Crippen LogP contribution in [-0.4, -0.2) is 15.7 Å². The Hall–Kier alpha value is -3.58. The zero-order chi connectivity index (χ0) is 21.8. The molecule has 0 spiro atoms. The van der Waals surface area contributed by atoms with Crippen molar-refractivity contribution >= 4 is 23.3 Å². The van der Waals surface area contributed by atoms with Crippen molar-refractivity contribution in [2.45, 2.75) is 20.1 Å². The third kappa shape index (κ3) is 5.13. The van der Waals surface area contributed by atoms with Gasteiger partial charge in [-0.1, -0.05) is 35.9 Å². The van der Waals surface area contributed by atoms with Crippen molar-refractivity contribution in [2.75, 3.05) is 5.32 Å². The van der Waals surface area contributed by atoms with Gasteiger partial charge in [-0.15, -0.1) is 0 Å². The van der Waals surface area contributed by atoms with Gasteiger partial charge in [0.25, 0.3) is 5.91 Å². The van der Waals surface area contributed by atoms with E-state index in [-0.39, 0.29) is 18.2 Å². The molecule has 0 atom stereocenters. The molecule has 8 heteroatoms. The number of nitrogens with zero attached hydrogens (tertiary/aromatic N) is 2. The fraction of sp³-hybridized carbons (Fsp3) is 0.130. The molecule has 2 heterocycles. The summed E-state index contributed by atoms with van der Waals surface area (Å²) in [5.41, 5.74) is 1.81. The Bertz CT molecular complexity index is 1180. The number of anilines is 1. The zero-order valence-electron chi connectivity index (χ0n) is 16.6. The van der Waals surface area contributed by atoms with Crippen LogP contribution < -0.4 is 10.1 Å². The van der Waals surface area contributed by atoms with Crippen LogP contribution in [0.1, 0.15) is 27.4 Å². The Morgan fingerprint density at radius 1 is 1.16 bits per heavy atom. The van der Waals surface area contributed by atoms with Gasteiger partial charge in [-0.25, -0.2) is 4.39 Å². The van der Waals surface area contributed by atoms with Crippen LogP contribution in [-0.2, 0) is 13.2 Å². The maximum Gasteiger partial charge on any atom is 0.292 e. The number of ether oxygens (including phenoxy) is 1. The Morgan fingerprint density at radius 3 is 2.74 bits per heavy atom. The van der Waals surface area contributed by atoms with Gasteiger partial charge < -0.3 is 14.5 Å². The maximum absolute atomic E-state index is 13.0. The second-order valence-electron chi connectivity index (χ2n) is 6.92. The number of carbonyl (C=O) groups excluding carboxylic acids is 1. The predicted octanol–water partition coefficient (Wildman–Crippen LogP) is 5.46. The van der Waals surface area contributed by atoms with E-state index in [4.69, 9.17) is 20.8 Å². The maximum atomic E-state index is 13.0. The molecule has 2 aromatic heterocycles. The zero-order valence-corrected chi connectivity index (χ0v) is 17.4. The summed E-state index contributed by atoms with van der Waals surface area (Å²) in [6, 6.07) is 16.6. The van der Waals surface area contributed by atoms with Crippen LogP contribution in [0.25, 0.3) is 0 Å². The summed E-state index contributed by atoms with van der Waals surface area (Å²) in [5.74, 6) is 0.884. The van der Waals surface area contributed by atoms with E-state index in [2.05, 4.69) is 10.4 Å². The third-order valence-electron chi connectivity index (χ3n) is 4.55. The highest BCUT2D eigenvalue weighted by Crippen LogP contribution is 2.28. The van der Waals surface area contributed by atoms with Crippen molar-refractivity contribution in [1.82, 2.24) is 9.78 Å². The number of aromatic nitrogens is 2. The molecule has 31 heavy (non-hydrogen) atoms. The summed E-state index contributed by atoms with van der Waals surface area (Å²) in [6.45, 7) is 2.50. The Labute approximate surface area is 183 Å². The highest BCUT2D eigenvalue weighted by Gasteiger charge is 2.14. The molecule has 0 aliphatic carbocycles. The summed E-state index contributed by atoms with van der Waals surface area (Å²) in [6.07, 6.45) is 1.73. The second kappa shape index (κ2) is 9.06. The summed E-state index contributed by atoms with van der Waals surface area (Å²) in [5, 5.41) is 7.51. The fourth-order valence-corrected chi connectivity index (χ4v) is 3.27. The Balaban J connectivity index is 1.35. The standard InChI is InChI=1S/C23H19ClFN3O3/c1-15-3-2-4-19(24)22(15)30-14-18-9-10-20(31-18)23(29)26-21-11-12-28(27-21)13-16-5-7-17(25)8-6-16/h2-12H,13-14H2,1H3,(H,26,27,29). The molecule has 1 amide bonds. The number of halogens is 2. The van der Waals surface area contributed by atoms with E-state index in [9.17, 15) is 9.18 Å². The van der Waals surface area contributed by atoms with Crippen LogP contribution in [0.4, 0.5) is 10.2 Å². The van der Waals surface area contributed by atoms with Crippen molar-refractivity contribution < 1.29 is 18.3 Å². The van der Waals surface area contributed by atoms with Crippen molar-refractivity contribution in [3.63, 3.8) is 0 Å². The Kier molecular flexibility index (Phi) is 6.04. The number of hydrogen-bond donors (Lipinski definition) is 1. The summed E-state index contributed by atoms with van der Waals surface area (Å²) < 4.78 is 26.0. The third-order valence-corrected chi connectivity index (χ3v) is 4.85. The average molecular weight is 440 g/mol. The SMILES string of the molecule is Cc1cccc(Cl)c1OCc1ccc(C(=O)Nc2ccn(Cc3ccc(F)cc3)n2)o1. The van der Waals surface area contributed by atoms with E-state index in [1.165, 1.54) is 12.1 Å². The number of para-hydroxylation sites is 1. The molecule has 0 fully saturated rings. The first-order valence-electron chi connectivity index (χ1n) is 9.54. The van der Waals surface area contributed by atoms with Gasteiger partial charge in [0.15, 0.2) is 11.6 Å². The molecule has 0 aliphatic rings. The minimum absolute atomic E-state index is 0.141. The van der Waals surface area contributed by atoms with Crippen LogP contribution in [0.15, 0.2) is 71.3 Å². The fourth-order valence-electron chi connectivity index (χ4n) is 2.99. The van der Waals surface area contributed by atoms with E-state index in [1.807, 2.05) is 19.1 Å². The molecule has 0 saturated carbocycles. The molecule has 0 radical (unpaired) electrons. The molecule has 0 aliphatic heterocycles. The molecule has 6 nitrogen and oxygen atoms in total. The van der Waals surface area contributed by atoms with Gasteiger partial charge in [0.05, 0.1) is 11.6 Å². The number of aryl methyl sites for hydroxylation is 1. The lowest BCUT2D eigenvalue weighted by molar-refractivity contribution is 0.0992. The smallest absolute Gasteiger partial charge is 0.292 e. The van der Waals surface area contributed by atoms with Crippen molar-refractivity contribution in [1.29, 1.82) is 0 Å². The Morgan fingerprint density at radius 2 is 1.97 bits per heavy atom. The first-order chi connectivity index (χ1) is 15.0. The number of amides is 1. The highest BCUT2D eigenvalue weighted by atomic mass is 35.5. The van der Waals surface area contributed by atoms with Gasteiger partial charge in [-0.3, -0.25) is 9.48 Å². The lowest BCUT2D eigenvalue weighted by Crippen LogP contribution is -2.12. The van der Waals surface area contributed by atoms with Crippen molar-refractivity contribution in [2.24, 2.45) is 0 Å². The lowest BCUT2D eigenvalue weighted by atomic mass is 10.2. The molecule has 0 unspecified atom stereocenters. The van der Waals surface area contributed by atoms with Crippen LogP contribution in [0.3, 0.4) is 0 Å². The molecule has 158 valence electrons. The van der Waals surface area contributed by atoms with Gasteiger partial charge in [-0.05, 0) is 48.4 Å². The first-order valence-corrected chi connectivity index (χ1v) is 9.91. The monoisotopic (exact) mass is 439 g/mol. The molecule has 4 aromatic rings. The van der Waals surface area contributed by atoms with E-state index < -0.39 is 5.91 Å². The van der Waals surface area contributed by atoms with E-state index >= 15 is 0 Å². The highest BCUT2D eigenvalue weighted by molar-refractivity contribution is 6.32. The number of benzene rings is 2. The van der Waals surface area contributed by atoms with E-state index in [0.29, 0.717) is 28.9 Å². The number of hydrogen-bond acceptors (Lipinski definition) is 4. The number of carbonyl (C=O) groups is 1. The summed E-state index contributed by atoms with van der Waals surface area (Å²) >= 11 is 6.16. The molecule has 2 aromatic carbocycles. The summed E-state index contributed by atoms with van der Waals surface area (Å²) in [4.78, 5) is 12.5. The van der Waals surface area contributed by atoms with Crippen molar-refractivity contribution in [3.8, 4) is 5.75 Å².